The van der Waals surface area contributed by atoms with Crippen LogP contribution < -0.4 is 14.2 Å². The number of hydrogen-bond donors (Lipinski definition) is 0. The highest BCUT2D eigenvalue weighted by Crippen LogP contribution is 2.35. The van der Waals surface area contributed by atoms with Crippen molar-refractivity contribution in [2.24, 2.45) is 0 Å². The maximum Gasteiger partial charge on any atom is 0.128 e. The molecule has 2 aliphatic heterocycles. The predicted molar refractivity (Wildman–Crippen MR) is 102 cm³/mol. The van der Waals surface area contributed by atoms with Gasteiger partial charge in [-0.05, 0) is 74.2 Å². The molecule has 0 amide bonds. The molecule has 5 heteroatoms. The first-order valence-electron chi connectivity index (χ1n) is 9.38. The number of aryl methyl sites for hydroxylation is 4. The van der Waals surface area contributed by atoms with E-state index in [0.29, 0.717) is 13.2 Å². The minimum atomic E-state index is 0.248. The third-order valence-corrected chi connectivity index (χ3v) is 4.74. The first-order valence-corrected chi connectivity index (χ1v) is 9.38. The van der Waals surface area contributed by atoms with Crippen molar-refractivity contribution in [1.29, 1.82) is 0 Å². The molecule has 0 N–H and O–H groups in total. The van der Waals surface area contributed by atoms with Crippen LogP contribution in [0.25, 0.3) is 0 Å². The van der Waals surface area contributed by atoms with Crippen LogP contribution in [0.15, 0.2) is 24.3 Å². The first-order chi connectivity index (χ1) is 13.0. The van der Waals surface area contributed by atoms with Crippen molar-refractivity contribution < 1.29 is 23.7 Å². The van der Waals surface area contributed by atoms with Crippen LogP contribution in [0.5, 0.6) is 23.0 Å². The predicted octanol–water partition coefficient (Wildman–Crippen LogP) is 4.27. The molecule has 2 aromatic carbocycles. The summed E-state index contributed by atoms with van der Waals surface area (Å²) in [5.74, 6) is 3.44. The summed E-state index contributed by atoms with van der Waals surface area (Å²) in [6, 6.07) is 8.04. The van der Waals surface area contributed by atoms with Crippen molar-refractivity contribution in [3.05, 3.63) is 46.5 Å². The Balaban J connectivity index is 1.47. The second-order valence-electron chi connectivity index (χ2n) is 7.41. The molecule has 2 fully saturated rings. The molecule has 0 aliphatic carbocycles. The van der Waals surface area contributed by atoms with Gasteiger partial charge in [0.25, 0.3) is 0 Å². The Bertz CT molecular complexity index is 721. The number of ether oxygens (including phenoxy) is 5. The van der Waals surface area contributed by atoms with E-state index in [4.69, 9.17) is 23.7 Å². The second-order valence-corrected chi connectivity index (χ2v) is 7.41. The lowest BCUT2D eigenvalue weighted by molar-refractivity contribution is 0.260. The van der Waals surface area contributed by atoms with Crippen LogP contribution >= 0.6 is 0 Å². The summed E-state index contributed by atoms with van der Waals surface area (Å²) in [5.41, 5.74) is 4.24. The average Bonchev–Trinajstić information content (AvgIpc) is 3.48. The molecule has 0 saturated carbocycles. The molecule has 0 bridgehead atoms. The van der Waals surface area contributed by atoms with Gasteiger partial charge in [0, 0.05) is 0 Å². The fourth-order valence-electron chi connectivity index (χ4n) is 3.21. The Labute approximate surface area is 160 Å². The molecule has 2 atom stereocenters. The van der Waals surface area contributed by atoms with Crippen LogP contribution in [0, 0.1) is 27.7 Å². The van der Waals surface area contributed by atoms with Crippen LogP contribution in [0.1, 0.15) is 22.3 Å². The Morgan fingerprint density at radius 3 is 1.33 bits per heavy atom. The molecule has 2 aromatic rings. The zero-order valence-electron chi connectivity index (χ0n) is 16.3. The van der Waals surface area contributed by atoms with Gasteiger partial charge in [0.05, 0.1) is 13.2 Å². The summed E-state index contributed by atoms with van der Waals surface area (Å²) in [6.07, 6.45) is 0.496. The van der Waals surface area contributed by atoms with Gasteiger partial charge >= 0.3 is 0 Å². The van der Waals surface area contributed by atoms with Gasteiger partial charge in [-0.15, -0.1) is 0 Å². The summed E-state index contributed by atoms with van der Waals surface area (Å²) in [5, 5.41) is 0. The van der Waals surface area contributed by atoms with Crippen molar-refractivity contribution in [2.75, 3.05) is 26.4 Å². The molecule has 2 saturated heterocycles. The maximum absolute atomic E-state index is 6.13. The highest BCUT2D eigenvalue weighted by Gasteiger charge is 2.24. The molecule has 5 nitrogen and oxygen atoms in total. The lowest BCUT2D eigenvalue weighted by atomic mass is 10.1. The molecular formula is C22H26O5. The summed E-state index contributed by atoms with van der Waals surface area (Å²) in [6.45, 7) is 11.0. The molecule has 2 aliphatic rings. The minimum Gasteiger partial charge on any atom is -0.490 e. The Morgan fingerprint density at radius 1 is 0.704 bits per heavy atom. The quantitative estimate of drug-likeness (QED) is 0.650. The van der Waals surface area contributed by atoms with Crippen LogP contribution in [0.3, 0.4) is 0 Å². The van der Waals surface area contributed by atoms with E-state index in [2.05, 4.69) is 0 Å². The van der Waals surface area contributed by atoms with Gasteiger partial charge in [-0.2, -0.15) is 0 Å². The van der Waals surface area contributed by atoms with E-state index < -0.39 is 0 Å². The van der Waals surface area contributed by atoms with Crippen LogP contribution in [-0.4, -0.2) is 38.6 Å². The van der Waals surface area contributed by atoms with Gasteiger partial charge < -0.3 is 23.7 Å². The molecule has 144 valence electrons. The number of benzene rings is 2. The summed E-state index contributed by atoms with van der Waals surface area (Å²) < 4.78 is 28.3. The molecule has 2 heterocycles. The van der Waals surface area contributed by atoms with Crippen molar-refractivity contribution in [1.82, 2.24) is 0 Å². The van der Waals surface area contributed by atoms with Crippen molar-refractivity contribution in [2.45, 2.75) is 39.9 Å². The molecule has 2 unspecified atom stereocenters. The van der Waals surface area contributed by atoms with Gasteiger partial charge in [-0.25, -0.2) is 0 Å². The van der Waals surface area contributed by atoms with Crippen molar-refractivity contribution >= 4 is 0 Å². The van der Waals surface area contributed by atoms with Gasteiger partial charge in [-0.3, -0.25) is 0 Å². The topological polar surface area (TPSA) is 52.8 Å². The SMILES string of the molecule is Cc1cc(Oc2cc(C)c(OCC3CO3)c(C)c2)cc(C)c1OCC1CO1. The summed E-state index contributed by atoms with van der Waals surface area (Å²) >= 11 is 0. The fraction of sp³-hybridized carbons (Fsp3) is 0.455. The van der Waals surface area contributed by atoms with Gasteiger partial charge in [0.2, 0.25) is 0 Å². The molecule has 0 spiro atoms. The van der Waals surface area contributed by atoms with E-state index in [9.17, 15) is 0 Å². The van der Waals surface area contributed by atoms with E-state index >= 15 is 0 Å². The normalized spacial score (nSPS) is 20.3. The van der Waals surface area contributed by atoms with E-state index in [1.54, 1.807) is 0 Å². The van der Waals surface area contributed by atoms with Crippen LogP contribution in [0.4, 0.5) is 0 Å². The van der Waals surface area contributed by atoms with Crippen molar-refractivity contribution in [3.63, 3.8) is 0 Å². The van der Waals surface area contributed by atoms with Gasteiger partial charge in [0.15, 0.2) is 0 Å². The Morgan fingerprint density at radius 2 is 1.04 bits per heavy atom. The minimum absolute atomic E-state index is 0.248. The summed E-state index contributed by atoms with van der Waals surface area (Å²) in [4.78, 5) is 0. The van der Waals surface area contributed by atoms with Gasteiger partial charge in [-0.1, -0.05) is 0 Å². The van der Waals surface area contributed by atoms with E-state index in [0.717, 1.165) is 58.5 Å². The largest absolute Gasteiger partial charge is 0.490 e. The Hall–Kier alpha value is -2.24. The van der Waals surface area contributed by atoms with E-state index in [1.165, 1.54) is 0 Å². The average molecular weight is 370 g/mol. The standard InChI is InChI=1S/C22H26O5/c1-13-5-17(6-14(2)21(13)25-11-19-9-23-19)27-18-7-15(3)22(16(4)8-18)26-12-20-10-24-20/h5-8,19-20H,9-12H2,1-4H3. The lowest BCUT2D eigenvalue weighted by Gasteiger charge is -2.16. The number of epoxide rings is 2. The van der Waals surface area contributed by atoms with E-state index in [1.807, 2.05) is 52.0 Å². The number of hydrogen-bond acceptors (Lipinski definition) is 5. The lowest BCUT2D eigenvalue weighted by Crippen LogP contribution is -2.07. The smallest absolute Gasteiger partial charge is 0.128 e. The third kappa shape index (κ3) is 4.54. The van der Waals surface area contributed by atoms with Crippen LogP contribution in [0.2, 0.25) is 0 Å². The Kier molecular flexibility index (Phi) is 4.98. The number of rotatable bonds is 8. The maximum atomic E-state index is 6.13. The highest BCUT2D eigenvalue weighted by molar-refractivity contribution is 5.50. The fourth-order valence-corrected chi connectivity index (χ4v) is 3.21. The van der Waals surface area contributed by atoms with Gasteiger partial charge in [0.1, 0.15) is 48.4 Å². The zero-order chi connectivity index (χ0) is 19.0. The molecule has 27 heavy (non-hydrogen) atoms. The first kappa shape index (κ1) is 18.1. The van der Waals surface area contributed by atoms with E-state index in [-0.39, 0.29) is 12.2 Å². The summed E-state index contributed by atoms with van der Waals surface area (Å²) in [7, 11) is 0. The molecular weight excluding hydrogens is 344 g/mol. The third-order valence-electron chi connectivity index (χ3n) is 4.74. The molecule has 0 aromatic heterocycles. The monoisotopic (exact) mass is 370 g/mol. The van der Waals surface area contributed by atoms with Crippen LogP contribution in [-0.2, 0) is 9.47 Å². The second kappa shape index (κ2) is 7.41. The molecule has 0 radical (unpaired) electrons. The van der Waals surface area contributed by atoms with Crippen molar-refractivity contribution in [3.8, 4) is 23.0 Å². The highest BCUT2D eigenvalue weighted by atomic mass is 16.6. The zero-order valence-corrected chi connectivity index (χ0v) is 16.3. The molecule has 4 rings (SSSR count).